The van der Waals surface area contributed by atoms with Gasteiger partial charge in [0.15, 0.2) is 0 Å². The zero-order chi connectivity index (χ0) is 13.3. The highest BCUT2D eigenvalue weighted by molar-refractivity contribution is 6.33. The molecule has 0 unspecified atom stereocenters. The minimum absolute atomic E-state index is 0.0803. The topological polar surface area (TPSA) is 134 Å². The third-order valence-electron chi connectivity index (χ3n) is 1.28. The molecule has 0 aliphatic rings. The van der Waals surface area contributed by atoms with Gasteiger partial charge in [0.05, 0.1) is 6.21 Å². The van der Waals surface area contributed by atoms with E-state index < -0.39 is 6.16 Å². The van der Waals surface area contributed by atoms with Crippen molar-refractivity contribution in [3.8, 4) is 0 Å². The van der Waals surface area contributed by atoms with E-state index in [1.54, 1.807) is 6.07 Å². The summed E-state index contributed by atoms with van der Waals surface area (Å²) in [6, 6.07) is 7.26. The number of nitrogens with zero attached hydrogens (tertiary/aromatic N) is 2. The van der Waals surface area contributed by atoms with Crippen molar-refractivity contribution < 1.29 is 15.0 Å². The molecule has 17 heavy (non-hydrogen) atoms. The summed E-state index contributed by atoms with van der Waals surface area (Å²) < 4.78 is 0. The van der Waals surface area contributed by atoms with Crippen LogP contribution in [0.5, 0.6) is 0 Å². The van der Waals surface area contributed by atoms with Gasteiger partial charge in [-0.15, -0.1) is 5.10 Å². The number of rotatable bonds is 2. The van der Waals surface area contributed by atoms with Gasteiger partial charge in [-0.25, -0.2) is 4.79 Å². The smallest absolute Gasteiger partial charge is 0.450 e. The van der Waals surface area contributed by atoms with E-state index in [0.717, 1.165) is 5.56 Å². The lowest BCUT2D eigenvalue weighted by Gasteiger charge is -1.93. The molecule has 0 amide bonds. The largest absolute Gasteiger partial charge is 0.503 e. The molecule has 0 fully saturated rings. The minimum atomic E-state index is -1.83. The van der Waals surface area contributed by atoms with Gasteiger partial charge in [0, 0.05) is 10.6 Å². The Hall–Kier alpha value is -2.28. The van der Waals surface area contributed by atoms with Crippen LogP contribution in [-0.4, -0.2) is 28.5 Å². The second-order valence-corrected chi connectivity index (χ2v) is 2.98. The summed E-state index contributed by atoms with van der Waals surface area (Å²) in [4.78, 5) is 8.56. The van der Waals surface area contributed by atoms with Crippen molar-refractivity contribution in [1.29, 1.82) is 0 Å². The minimum Gasteiger partial charge on any atom is -0.450 e. The quantitative estimate of drug-likeness (QED) is 0.359. The summed E-state index contributed by atoms with van der Waals surface area (Å²) >= 11 is 5.84. The third-order valence-corrected chi connectivity index (χ3v) is 1.62. The molecular formula is C9H11ClN4O3. The van der Waals surface area contributed by atoms with Crippen molar-refractivity contribution in [1.82, 2.24) is 0 Å². The van der Waals surface area contributed by atoms with Gasteiger partial charge >= 0.3 is 6.16 Å². The Morgan fingerprint density at radius 2 is 1.82 bits per heavy atom. The predicted octanol–water partition coefficient (Wildman–Crippen LogP) is 1.17. The van der Waals surface area contributed by atoms with Crippen LogP contribution in [0.4, 0.5) is 4.79 Å². The van der Waals surface area contributed by atoms with Crippen molar-refractivity contribution >= 4 is 29.9 Å². The highest BCUT2D eigenvalue weighted by Gasteiger charge is 1.92. The van der Waals surface area contributed by atoms with E-state index in [0.29, 0.717) is 5.02 Å². The van der Waals surface area contributed by atoms with E-state index in [9.17, 15) is 0 Å². The van der Waals surface area contributed by atoms with E-state index in [2.05, 4.69) is 10.2 Å². The molecule has 0 atom stereocenters. The van der Waals surface area contributed by atoms with Crippen LogP contribution in [0.15, 0.2) is 34.5 Å². The molecule has 0 spiro atoms. The summed E-state index contributed by atoms with van der Waals surface area (Å²) in [6.45, 7) is 0. The van der Waals surface area contributed by atoms with Gasteiger partial charge in [0.1, 0.15) is 0 Å². The fraction of sp³-hybridized carbons (Fsp3) is 0. The maximum absolute atomic E-state index is 8.56. The average Bonchev–Trinajstić information content (AvgIpc) is 2.19. The Bertz CT molecular complexity index is 426. The lowest BCUT2D eigenvalue weighted by atomic mass is 10.2. The summed E-state index contributed by atoms with van der Waals surface area (Å²) in [6.07, 6.45) is -0.345. The summed E-state index contributed by atoms with van der Waals surface area (Å²) in [5.74, 6) is -0.0803. The van der Waals surface area contributed by atoms with Crippen LogP contribution in [0.2, 0.25) is 5.02 Å². The Labute approximate surface area is 102 Å². The molecule has 1 rings (SSSR count). The van der Waals surface area contributed by atoms with Crippen molar-refractivity contribution in [2.75, 3.05) is 0 Å². The number of carboxylic acid groups (broad SMARTS) is 2. The van der Waals surface area contributed by atoms with Crippen LogP contribution in [0.1, 0.15) is 5.56 Å². The lowest BCUT2D eigenvalue weighted by molar-refractivity contribution is 0.137. The summed E-state index contributed by atoms with van der Waals surface area (Å²) in [7, 11) is 0. The van der Waals surface area contributed by atoms with Gasteiger partial charge in [-0.3, -0.25) is 0 Å². The zero-order valence-electron chi connectivity index (χ0n) is 8.62. The first kappa shape index (κ1) is 14.7. The van der Waals surface area contributed by atoms with Gasteiger partial charge in [-0.05, 0) is 6.07 Å². The fourth-order valence-corrected chi connectivity index (χ4v) is 0.922. The fourth-order valence-electron chi connectivity index (χ4n) is 0.738. The molecule has 0 aliphatic carbocycles. The highest BCUT2D eigenvalue weighted by Crippen LogP contribution is 2.12. The van der Waals surface area contributed by atoms with Gasteiger partial charge in [-0.1, -0.05) is 29.8 Å². The molecule has 0 saturated carbocycles. The Morgan fingerprint density at radius 3 is 2.29 bits per heavy atom. The first-order valence-corrected chi connectivity index (χ1v) is 4.59. The number of hydrogen-bond acceptors (Lipinski definition) is 3. The molecule has 1 aromatic carbocycles. The average molecular weight is 259 g/mol. The maximum Gasteiger partial charge on any atom is 0.503 e. The second-order valence-electron chi connectivity index (χ2n) is 2.57. The van der Waals surface area contributed by atoms with E-state index in [1.807, 2.05) is 18.2 Å². The molecule has 6 N–H and O–H groups in total. The first-order chi connectivity index (χ1) is 7.93. The molecule has 0 radical (unpaired) electrons. The Kier molecular flexibility index (Phi) is 6.88. The SMILES string of the molecule is NC(N)=NN=Cc1ccccc1Cl.O=C(O)O. The van der Waals surface area contributed by atoms with Crippen LogP contribution >= 0.6 is 11.6 Å². The Morgan fingerprint density at radius 1 is 1.29 bits per heavy atom. The van der Waals surface area contributed by atoms with E-state index in [1.165, 1.54) is 6.21 Å². The standard InChI is InChI=1S/C8H9ClN4.CH2O3/c9-7-4-2-1-3-6(7)5-12-13-8(10)11;2-1(3)4/h1-5H,(H4,10,11,13);(H2,2,3,4). The number of nitrogens with two attached hydrogens (primary N) is 2. The molecule has 0 heterocycles. The monoisotopic (exact) mass is 258 g/mol. The van der Waals surface area contributed by atoms with Crippen LogP contribution in [-0.2, 0) is 0 Å². The van der Waals surface area contributed by atoms with Gasteiger partial charge in [0.25, 0.3) is 0 Å². The molecule has 7 nitrogen and oxygen atoms in total. The van der Waals surface area contributed by atoms with Crippen molar-refractivity contribution in [2.24, 2.45) is 21.7 Å². The molecule has 0 saturated heterocycles. The van der Waals surface area contributed by atoms with Crippen molar-refractivity contribution in [2.45, 2.75) is 0 Å². The summed E-state index contributed by atoms with van der Waals surface area (Å²) in [5, 5.41) is 21.6. The van der Waals surface area contributed by atoms with E-state index >= 15 is 0 Å². The van der Waals surface area contributed by atoms with Crippen LogP contribution in [0.25, 0.3) is 0 Å². The van der Waals surface area contributed by atoms with Crippen LogP contribution < -0.4 is 11.5 Å². The number of carbonyl (C=O) groups is 1. The van der Waals surface area contributed by atoms with Crippen LogP contribution in [0, 0.1) is 0 Å². The maximum atomic E-state index is 8.56. The normalized spacial score (nSPS) is 9.24. The molecule has 8 heteroatoms. The number of benzene rings is 1. The summed E-state index contributed by atoms with van der Waals surface area (Å²) in [5.41, 5.74) is 10.9. The Balaban J connectivity index is 0.000000557. The van der Waals surface area contributed by atoms with Crippen molar-refractivity contribution in [3.63, 3.8) is 0 Å². The van der Waals surface area contributed by atoms with Gasteiger partial charge in [0.2, 0.25) is 5.96 Å². The van der Waals surface area contributed by atoms with E-state index in [-0.39, 0.29) is 5.96 Å². The third kappa shape index (κ3) is 8.70. The highest BCUT2D eigenvalue weighted by atomic mass is 35.5. The number of hydrogen-bond donors (Lipinski definition) is 4. The van der Waals surface area contributed by atoms with Crippen molar-refractivity contribution in [3.05, 3.63) is 34.9 Å². The molecule has 0 aromatic heterocycles. The molecule has 0 aliphatic heterocycles. The molecule has 0 bridgehead atoms. The molecular weight excluding hydrogens is 248 g/mol. The second kappa shape index (κ2) is 7.94. The zero-order valence-corrected chi connectivity index (χ0v) is 9.37. The van der Waals surface area contributed by atoms with E-state index in [4.69, 9.17) is 38.1 Å². The van der Waals surface area contributed by atoms with Crippen LogP contribution in [0.3, 0.4) is 0 Å². The first-order valence-electron chi connectivity index (χ1n) is 4.22. The molecule has 92 valence electrons. The molecule has 1 aromatic rings. The van der Waals surface area contributed by atoms with Gasteiger partial charge < -0.3 is 21.7 Å². The van der Waals surface area contributed by atoms with Gasteiger partial charge in [-0.2, -0.15) is 5.10 Å². The predicted molar refractivity (Wildman–Crippen MR) is 65.5 cm³/mol. The lowest BCUT2D eigenvalue weighted by Crippen LogP contribution is -2.21. The number of halogens is 1. The number of guanidine groups is 1.